The maximum Gasteiger partial charge on any atom is 0.416 e. The first-order valence-electron chi connectivity index (χ1n) is 13.7. The number of halogens is 6. The minimum Gasteiger partial charge on any atom is -0.415 e. The van der Waals surface area contributed by atoms with E-state index in [0.29, 0.717) is 49.3 Å². The van der Waals surface area contributed by atoms with Gasteiger partial charge in [-0.05, 0) is 67.4 Å². The number of carbonyl (C=O) groups excluding carboxylic acids is 2. The Labute approximate surface area is 253 Å². The Bertz CT molecular complexity index is 1640. The highest BCUT2D eigenvalue weighted by Crippen LogP contribution is 2.34. The van der Waals surface area contributed by atoms with Gasteiger partial charge in [-0.3, -0.25) is 14.6 Å². The van der Waals surface area contributed by atoms with Crippen LogP contribution in [0, 0.1) is 5.82 Å². The number of benzene rings is 2. The fourth-order valence-corrected chi connectivity index (χ4v) is 5.10. The highest BCUT2D eigenvalue weighted by atomic mass is 19.4. The van der Waals surface area contributed by atoms with Gasteiger partial charge in [0, 0.05) is 37.9 Å². The number of hydrogen-bond acceptors (Lipinski definition) is 7. The van der Waals surface area contributed by atoms with Crippen molar-refractivity contribution in [1.82, 2.24) is 20.1 Å². The van der Waals surface area contributed by atoms with E-state index in [0.717, 1.165) is 12.1 Å². The number of nitrogens with zero attached hydrogens (tertiary/aromatic N) is 6. The Morgan fingerprint density at radius 3 is 2.33 bits per heavy atom. The molecule has 0 bridgehead atoms. The molecule has 2 aromatic carbocycles. The minimum absolute atomic E-state index is 0.0414. The summed E-state index contributed by atoms with van der Waals surface area (Å²) in [7, 11) is 1.79. The summed E-state index contributed by atoms with van der Waals surface area (Å²) < 4.78 is 83.6. The molecule has 1 aliphatic rings. The van der Waals surface area contributed by atoms with E-state index in [9.17, 15) is 35.9 Å². The van der Waals surface area contributed by atoms with Crippen LogP contribution in [0.5, 0.6) is 0 Å². The summed E-state index contributed by atoms with van der Waals surface area (Å²) >= 11 is 0. The van der Waals surface area contributed by atoms with Crippen LogP contribution in [0.2, 0.25) is 0 Å². The second kappa shape index (κ2) is 13.0. The first-order chi connectivity index (χ1) is 21.4. The maximum absolute atomic E-state index is 14.4. The Morgan fingerprint density at radius 1 is 1.04 bits per heavy atom. The lowest BCUT2D eigenvalue weighted by Gasteiger charge is -2.39. The van der Waals surface area contributed by atoms with Crippen LogP contribution in [0.4, 0.5) is 37.7 Å². The van der Waals surface area contributed by atoms with Crippen LogP contribution in [-0.4, -0.2) is 58.6 Å². The number of likely N-dealkylation sites (tertiary alicyclic amines) is 1. The number of amides is 2. The fourth-order valence-electron chi connectivity index (χ4n) is 5.10. The van der Waals surface area contributed by atoms with Crippen LogP contribution < -0.4 is 9.80 Å². The van der Waals surface area contributed by atoms with Gasteiger partial charge in [-0.15, -0.1) is 10.2 Å². The molecule has 1 aliphatic heterocycles. The monoisotopic (exact) mass is 632 g/mol. The Hall–Kier alpha value is -4.95. The van der Waals surface area contributed by atoms with Crippen molar-refractivity contribution in [3.63, 3.8) is 0 Å². The van der Waals surface area contributed by atoms with Crippen molar-refractivity contribution in [3.8, 4) is 11.5 Å². The van der Waals surface area contributed by atoms with Gasteiger partial charge in [-0.1, -0.05) is 0 Å². The molecule has 0 unspecified atom stereocenters. The second-order valence-corrected chi connectivity index (χ2v) is 10.4. The molecule has 1 saturated heterocycles. The number of hydrogen-bond donors (Lipinski definition) is 0. The number of alkyl halides is 5. The molecule has 45 heavy (non-hydrogen) atoms. The van der Waals surface area contributed by atoms with E-state index >= 15 is 0 Å². The molecule has 4 aromatic rings. The van der Waals surface area contributed by atoms with Gasteiger partial charge in [0.25, 0.3) is 11.8 Å². The second-order valence-electron chi connectivity index (χ2n) is 10.4. The zero-order valence-corrected chi connectivity index (χ0v) is 23.7. The van der Waals surface area contributed by atoms with Gasteiger partial charge in [0.1, 0.15) is 5.82 Å². The van der Waals surface area contributed by atoms with Crippen molar-refractivity contribution < 1.29 is 40.3 Å². The topological polar surface area (TPSA) is 95.7 Å². The first-order valence-corrected chi connectivity index (χ1v) is 13.7. The third kappa shape index (κ3) is 7.07. The molecule has 1 fully saturated rings. The average Bonchev–Trinajstić information content (AvgIpc) is 3.54. The molecule has 0 atom stereocenters. The number of rotatable bonds is 9. The van der Waals surface area contributed by atoms with Crippen molar-refractivity contribution in [2.75, 3.05) is 29.9 Å². The Morgan fingerprint density at radius 2 is 1.76 bits per heavy atom. The normalized spacial score (nSPS) is 14.1. The van der Waals surface area contributed by atoms with Gasteiger partial charge in [-0.25, -0.2) is 4.39 Å². The molecular formula is C30H26F6N6O3. The van der Waals surface area contributed by atoms with E-state index in [1.165, 1.54) is 41.4 Å². The highest BCUT2D eigenvalue weighted by molar-refractivity contribution is 5.94. The molecule has 0 radical (unpaired) electrons. The summed E-state index contributed by atoms with van der Waals surface area (Å²) in [6.45, 7) is 0.649. The first kappa shape index (κ1) is 31.5. The van der Waals surface area contributed by atoms with Crippen molar-refractivity contribution >= 4 is 23.7 Å². The van der Waals surface area contributed by atoms with Gasteiger partial charge in [-0.2, -0.15) is 22.0 Å². The number of pyridine rings is 1. The predicted octanol–water partition coefficient (Wildman–Crippen LogP) is 6.13. The summed E-state index contributed by atoms with van der Waals surface area (Å²) in [4.78, 5) is 34.1. The van der Waals surface area contributed by atoms with E-state index in [-0.39, 0.29) is 35.6 Å². The lowest BCUT2D eigenvalue weighted by molar-refractivity contribution is -0.137. The van der Waals surface area contributed by atoms with Gasteiger partial charge >= 0.3 is 12.6 Å². The molecule has 0 aliphatic carbocycles. The molecule has 5 rings (SSSR count). The van der Waals surface area contributed by atoms with Crippen LogP contribution in [0.25, 0.3) is 11.5 Å². The van der Waals surface area contributed by atoms with Gasteiger partial charge in [0.15, 0.2) is 0 Å². The third-order valence-corrected chi connectivity index (χ3v) is 7.54. The van der Waals surface area contributed by atoms with Crippen LogP contribution >= 0.6 is 0 Å². The summed E-state index contributed by atoms with van der Waals surface area (Å²) in [6, 6.07) is 11.1. The quantitative estimate of drug-likeness (QED) is 0.162. The van der Waals surface area contributed by atoms with E-state index in [4.69, 9.17) is 4.42 Å². The average molecular weight is 633 g/mol. The number of piperidine rings is 1. The Balaban J connectivity index is 1.26. The van der Waals surface area contributed by atoms with Crippen molar-refractivity contribution in [2.45, 2.75) is 38.0 Å². The van der Waals surface area contributed by atoms with Gasteiger partial charge < -0.3 is 19.1 Å². The van der Waals surface area contributed by atoms with Crippen molar-refractivity contribution in [1.29, 1.82) is 0 Å². The molecule has 2 aromatic heterocycles. The third-order valence-electron chi connectivity index (χ3n) is 7.54. The molecule has 0 N–H and O–H groups in total. The lowest BCUT2D eigenvalue weighted by atomic mass is 10.0. The minimum atomic E-state index is -4.49. The standard InChI is InChI=1S/C30H26F6N6O3/c1-40(23-10-12-41(13-11-23)29(44)18-2-5-20(6-3-18)30(34,35)36)24-9-7-21(31)14-25(24)42(17-43)16-22-8-4-19(15-37-22)27-38-39-28(45-27)26(32)33/h2-9,14-15,17,23,26H,10-13,16H2,1H3. The number of anilines is 2. The summed E-state index contributed by atoms with van der Waals surface area (Å²) in [6.07, 6.45) is -4.50. The largest absolute Gasteiger partial charge is 0.416 e. The SMILES string of the molecule is CN(c1ccc(F)cc1N(C=O)Cc1ccc(-c2nnc(C(F)F)o2)cn1)C1CCN(C(=O)c2ccc(C(F)(F)F)cc2)CC1. The molecule has 0 saturated carbocycles. The van der Waals surface area contributed by atoms with Gasteiger partial charge in [0.2, 0.25) is 12.3 Å². The highest BCUT2D eigenvalue weighted by Gasteiger charge is 2.31. The summed E-state index contributed by atoms with van der Waals surface area (Å²) in [5.41, 5.74) is 0.866. The zero-order valence-electron chi connectivity index (χ0n) is 23.7. The summed E-state index contributed by atoms with van der Waals surface area (Å²) in [5, 5.41) is 6.86. The van der Waals surface area contributed by atoms with Crippen molar-refractivity contribution in [2.24, 2.45) is 0 Å². The summed E-state index contributed by atoms with van der Waals surface area (Å²) in [5.74, 6) is -1.90. The Kier molecular flexibility index (Phi) is 9.06. The van der Waals surface area contributed by atoms with Gasteiger partial charge in [0.05, 0.1) is 34.7 Å². The van der Waals surface area contributed by atoms with E-state index < -0.39 is 29.9 Å². The van der Waals surface area contributed by atoms with Crippen LogP contribution in [0.3, 0.4) is 0 Å². The number of carbonyl (C=O) groups is 2. The maximum atomic E-state index is 14.4. The van der Waals surface area contributed by atoms with E-state index in [1.807, 2.05) is 4.90 Å². The predicted molar refractivity (Wildman–Crippen MR) is 150 cm³/mol. The number of aromatic nitrogens is 3. The smallest absolute Gasteiger partial charge is 0.415 e. The van der Waals surface area contributed by atoms with Crippen LogP contribution in [-0.2, 0) is 17.5 Å². The molecular weight excluding hydrogens is 606 g/mol. The van der Waals surface area contributed by atoms with Crippen LogP contribution in [0.1, 0.15) is 46.8 Å². The fraction of sp³-hybridized carbons (Fsp3) is 0.300. The van der Waals surface area contributed by atoms with E-state index in [1.54, 1.807) is 24.1 Å². The zero-order chi connectivity index (χ0) is 32.3. The molecule has 2 amide bonds. The van der Waals surface area contributed by atoms with Crippen LogP contribution in [0.15, 0.2) is 65.2 Å². The van der Waals surface area contributed by atoms with Crippen molar-refractivity contribution in [3.05, 3.63) is 89.3 Å². The molecule has 15 heteroatoms. The van der Waals surface area contributed by atoms with E-state index in [2.05, 4.69) is 15.2 Å². The molecule has 3 heterocycles. The molecule has 236 valence electrons. The molecule has 9 nitrogen and oxygen atoms in total. The molecule has 0 spiro atoms. The lowest BCUT2D eigenvalue weighted by Crippen LogP contribution is -2.46.